The summed E-state index contributed by atoms with van der Waals surface area (Å²) in [5.74, 6) is -4.34. The lowest BCUT2D eigenvalue weighted by atomic mass is 10.1. The largest absolute Gasteiger partial charge is 0.480 e. The van der Waals surface area contributed by atoms with Crippen LogP contribution in [-0.4, -0.2) is 77.6 Å². The first-order valence-corrected chi connectivity index (χ1v) is 11.6. The maximum Gasteiger partial charge on any atom is 0.322 e. The van der Waals surface area contributed by atoms with Gasteiger partial charge < -0.3 is 26.4 Å². The Morgan fingerprint density at radius 3 is 2.03 bits per heavy atom. The summed E-state index contributed by atoms with van der Waals surface area (Å²) in [5.41, 5.74) is 0.424. The summed E-state index contributed by atoms with van der Waals surface area (Å²) in [7, 11) is 0. The van der Waals surface area contributed by atoms with Gasteiger partial charge in [0.1, 0.15) is 12.6 Å². The van der Waals surface area contributed by atoms with Crippen LogP contribution in [0.3, 0.4) is 0 Å². The van der Waals surface area contributed by atoms with Crippen molar-refractivity contribution >= 4 is 41.4 Å². The summed E-state index contributed by atoms with van der Waals surface area (Å²) >= 11 is 0. The highest BCUT2D eigenvalue weighted by atomic mass is 16.4. The van der Waals surface area contributed by atoms with Gasteiger partial charge >= 0.3 is 5.97 Å². The van der Waals surface area contributed by atoms with Crippen LogP contribution in [0.15, 0.2) is 42.5 Å². The van der Waals surface area contributed by atoms with E-state index in [4.69, 9.17) is 5.11 Å². The number of rotatable bonds is 15. The van der Waals surface area contributed by atoms with E-state index in [1.54, 1.807) is 30.3 Å². The molecule has 0 aromatic heterocycles. The normalized spacial score (nSPS) is 13.1. The summed E-state index contributed by atoms with van der Waals surface area (Å²) in [4.78, 5) is 83.3. The van der Waals surface area contributed by atoms with Crippen LogP contribution in [0, 0.1) is 0 Å². The molecule has 0 bridgehead atoms. The van der Waals surface area contributed by atoms with Crippen molar-refractivity contribution in [2.45, 2.75) is 31.7 Å². The van der Waals surface area contributed by atoms with Gasteiger partial charge in [-0.25, -0.2) is 0 Å². The molecule has 13 heteroatoms. The number of nitrogens with one attached hydrogen (secondary N) is 4. The Balaban J connectivity index is 1.66. The molecule has 1 aliphatic rings. The van der Waals surface area contributed by atoms with E-state index < -0.39 is 42.8 Å². The van der Waals surface area contributed by atoms with Crippen molar-refractivity contribution in [3.63, 3.8) is 0 Å². The molecule has 0 aliphatic carbocycles. The van der Waals surface area contributed by atoms with Gasteiger partial charge in [0.05, 0.1) is 13.1 Å². The number of imide groups is 1. The number of carboxylic acid groups (broad SMARTS) is 1. The predicted octanol–water partition coefficient (Wildman–Crippen LogP) is -1.24. The first-order chi connectivity index (χ1) is 17.7. The number of amides is 6. The summed E-state index contributed by atoms with van der Waals surface area (Å²) in [6.45, 7) is -1.16. The number of nitrogens with zero attached hydrogens (tertiary/aromatic N) is 1. The van der Waals surface area contributed by atoms with Crippen molar-refractivity contribution in [2.75, 3.05) is 26.2 Å². The van der Waals surface area contributed by atoms with E-state index in [9.17, 15) is 33.6 Å². The average molecular weight is 516 g/mol. The van der Waals surface area contributed by atoms with E-state index in [1.807, 2.05) is 0 Å². The van der Waals surface area contributed by atoms with Gasteiger partial charge in [-0.05, 0) is 18.4 Å². The maximum atomic E-state index is 12.4. The second kappa shape index (κ2) is 14.8. The zero-order valence-corrected chi connectivity index (χ0v) is 20.0. The Hall–Kier alpha value is -4.55. The molecule has 0 saturated heterocycles. The van der Waals surface area contributed by atoms with Gasteiger partial charge in [-0.3, -0.25) is 38.5 Å². The molecule has 0 spiro atoms. The molecule has 37 heavy (non-hydrogen) atoms. The fraction of sp³-hybridized carbons (Fsp3) is 0.375. The van der Waals surface area contributed by atoms with E-state index in [2.05, 4.69) is 21.3 Å². The molecule has 1 aromatic rings. The van der Waals surface area contributed by atoms with E-state index in [0.29, 0.717) is 24.8 Å². The monoisotopic (exact) mass is 515 g/mol. The molecular weight excluding hydrogens is 486 g/mol. The average Bonchev–Trinajstić information content (AvgIpc) is 3.20. The summed E-state index contributed by atoms with van der Waals surface area (Å²) in [5, 5.41) is 18.2. The molecule has 6 amide bonds. The molecule has 1 aliphatic heterocycles. The molecular formula is C24H29N5O8. The van der Waals surface area contributed by atoms with Gasteiger partial charge in [0.25, 0.3) is 11.8 Å². The van der Waals surface area contributed by atoms with Crippen LogP contribution in [0.5, 0.6) is 0 Å². The van der Waals surface area contributed by atoms with Gasteiger partial charge in [-0.15, -0.1) is 0 Å². The lowest BCUT2D eigenvalue weighted by Gasteiger charge is -2.18. The standard InChI is InChI=1S/C24H29N5O8/c30-17(9-5-2-6-12-29-20(33)10-11-21(29)34)25-13-18(31)26-14-19(32)28-23(16-7-3-1-4-8-16)24(37)27-15-22(35)36/h1,3-4,7-8,10-11,23H,2,5-6,9,12-15H2,(H,25,30)(H,26,31)(H,27,37)(H,28,32)(H,35,36)/t23-/m0/s1. The second-order valence-corrected chi connectivity index (χ2v) is 8.05. The highest BCUT2D eigenvalue weighted by Gasteiger charge is 2.24. The van der Waals surface area contributed by atoms with Gasteiger partial charge in [0.15, 0.2) is 0 Å². The molecule has 0 saturated carbocycles. The van der Waals surface area contributed by atoms with Crippen LogP contribution in [0.4, 0.5) is 0 Å². The number of hydrogen-bond donors (Lipinski definition) is 5. The van der Waals surface area contributed by atoms with Crippen LogP contribution < -0.4 is 21.3 Å². The number of carbonyl (C=O) groups is 7. The SMILES string of the molecule is O=C(O)CNC(=O)[C@@H](NC(=O)CNC(=O)CNC(=O)CCCCCN1C(=O)C=CC1=O)c1ccccc1. The third-order valence-corrected chi connectivity index (χ3v) is 5.19. The Kier molecular flexibility index (Phi) is 11.4. The van der Waals surface area contributed by atoms with Crippen LogP contribution in [0.25, 0.3) is 0 Å². The number of carboxylic acids is 1. The number of unbranched alkanes of at least 4 members (excludes halogenated alkanes) is 2. The van der Waals surface area contributed by atoms with Crippen molar-refractivity contribution in [1.29, 1.82) is 0 Å². The zero-order valence-electron chi connectivity index (χ0n) is 20.0. The third-order valence-electron chi connectivity index (χ3n) is 5.19. The topological polar surface area (TPSA) is 191 Å². The van der Waals surface area contributed by atoms with Crippen molar-refractivity contribution in [1.82, 2.24) is 26.2 Å². The summed E-state index contributed by atoms with van der Waals surface area (Å²) in [6.07, 6.45) is 4.25. The van der Waals surface area contributed by atoms with Gasteiger partial charge in [0, 0.05) is 25.1 Å². The lowest BCUT2D eigenvalue weighted by molar-refractivity contribution is -0.138. The molecule has 1 aromatic carbocycles. The summed E-state index contributed by atoms with van der Waals surface area (Å²) < 4.78 is 0. The molecule has 1 atom stereocenters. The maximum absolute atomic E-state index is 12.4. The first kappa shape index (κ1) is 28.7. The van der Waals surface area contributed by atoms with Gasteiger partial charge in [-0.1, -0.05) is 36.8 Å². The Morgan fingerprint density at radius 1 is 0.757 bits per heavy atom. The molecule has 198 valence electrons. The Labute approximate surface area is 212 Å². The zero-order chi connectivity index (χ0) is 27.2. The Morgan fingerprint density at radius 2 is 1.38 bits per heavy atom. The van der Waals surface area contributed by atoms with E-state index in [0.717, 1.165) is 4.90 Å². The highest BCUT2D eigenvalue weighted by Crippen LogP contribution is 2.12. The van der Waals surface area contributed by atoms with Crippen molar-refractivity contribution in [3.8, 4) is 0 Å². The number of aliphatic carboxylic acids is 1. The van der Waals surface area contributed by atoms with Crippen LogP contribution in [0.2, 0.25) is 0 Å². The third kappa shape index (κ3) is 10.3. The van der Waals surface area contributed by atoms with Crippen LogP contribution in [0.1, 0.15) is 37.3 Å². The molecule has 0 fully saturated rings. The number of hydrogen-bond acceptors (Lipinski definition) is 7. The second-order valence-electron chi connectivity index (χ2n) is 8.05. The molecule has 13 nitrogen and oxygen atoms in total. The van der Waals surface area contributed by atoms with Crippen LogP contribution >= 0.6 is 0 Å². The number of benzene rings is 1. The Bertz CT molecular complexity index is 1040. The minimum Gasteiger partial charge on any atom is -0.480 e. The quantitative estimate of drug-likeness (QED) is 0.141. The molecule has 1 heterocycles. The fourth-order valence-electron chi connectivity index (χ4n) is 3.31. The molecule has 2 rings (SSSR count). The lowest BCUT2D eigenvalue weighted by Crippen LogP contribution is -2.46. The minimum absolute atomic E-state index is 0.151. The van der Waals surface area contributed by atoms with Crippen molar-refractivity contribution in [2.24, 2.45) is 0 Å². The van der Waals surface area contributed by atoms with Crippen molar-refractivity contribution < 1.29 is 38.7 Å². The molecule has 5 N–H and O–H groups in total. The number of carbonyl (C=O) groups excluding carboxylic acids is 6. The van der Waals surface area contributed by atoms with Crippen molar-refractivity contribution in [3.05, 3.63) is 48.0 Å². The highest BCUT2D eigenvalue weighted by molar-refractivity contribution is 6.12. The van der Waals surface area contributed by atoms with Gasteiger partial charge in [-0.2, -0.15) is 0 Å². The first-order valence-electron chi connectivity index (χ1n) is 11.6. The van der Waals surface area contributed by atoms with Crippen LogP contribution in [-0.2, 0) is 33.6 Å². The van der Waals surface area contributed by atoms with E-state index in [-0.39, 0.29) is 37.2 Å². The fourth-order valence-corrected chi connectivity index (χ4v) is 3.31. The van der Waals surface area contributed by atoms with E-state index >= 15 is 0 Å². The molecule has 0 radical (unpaired) electrons. The molecule has 0 unspecified atom stereocenters. The minimum atomic E-state index is -1.24. The van der Waals surface area contributed by atoms with E-state index in [1.165, 1.54) is 12.2 Å². The van der Waals surface area contributed by atoms with Gasteiger partial charge in [0.2, 0.25) is 23.6 Å². The smallest absolute Gasteiger partial charge is 0.322 e. The predicted molar refractivity (Wildman–Crippen MR) is 128 cm³/mol. The summed E-state index contributed by atoms with van der Waals surface area (Å²) in [6, 6.07) is 7.02.